The van der Waals surface area contributed by atoms with E-state index < -0.39 is 12.1 Å². The second kappa shape index (κ2) is 3.61. The molecule has 1 aromatic carbocycles. The number of aromatic nitrogens is 2. The van der Waals surface area contributed by atoms with Crippen molar-refractivity contribution in [3.05, 3.63) is 24.4 Å². The monoisotopic (exact) mass is 206 g/mol. The van der Waals surface area contributed by atoms with Gasteiger partial charge in [-0.1, -0.05) is 0 Å². The zero-order valence-electron chi connectivity index (χ0n) is 8.10. The van der Waals surface area contributed by atoms with Crippen LogP contribution in [0.2, 0.25) is 0 Å². The number of H-pyrrole nitrogens is 1. The van der Waals surface area contributed by atoms with Crippen LogP contribution in [-0.4, -0.2) is 27.4 Å². The topological polar surface area (TPSA) is 75.2 Å². The van der Waals surface area contributed by atoms with Crippen molar-refractivity contribution in [1.82, 2.24) is 10.2 Å². The van der Waals surface area contributed by atoms with Crippen LogP contribution in [0.15, 0.2) is 24.4 Å². The van der Waals surface area contributed by atoms with Crippen molar-refractivity contribution in [1.29, 1.82) is 0 Å². The molecule has 1 atom stereocenters. The van der Waals surface area contributed by atoms with Crippen molar-refractivity contribution in [2.45, 2.75) is 13.0 Å². The molecule has 0 saturated heterocycles. The highest BCUT2D eigenvalue weighted by Crippen LogP contribution is 2.19. The Morgan fingerprint density at radius 1 is 1.60 bits per heavy atom. The summed E-state index contributed by atoms with van der Waals surface area (Å²) < 4.78 is 5.21. The number of hydrogen-bond donors (Lipinski definition) is 2. The summed E-state index contributed by atoms with van der Waals surface area (Å²) in [6, 6.07) is 5.27. The van der Waals surface area contributed by atoms with Crippen molar-refractivity contribution in [3.8, 4) is 5.75 Å². The lowest BCUT2D eigenvalue weighted by Crippen LogP contribution is -2.22. The van der Waals surface area contributed by atoms with Gasteiger partial charge in [0.15, 0.2) is 6.10 Å². The first-order chi connectivity index (χ1) is 7.16. The fourth-order valence-corrected chi connectivity index (χ4v) is 1.24. The predicted molar refractivity (Wildman–Crippen MR) is 53.8 cm³/mol. The van der Waals surface area contributed by atoms with Gasteiger partial charge in [-0.2, -0.15) is 5.10 Å². The van der Waals surface area contributed by atoms with Gasteiger partial charge in [0, 0.05) is 11.5 Å². The average molecular weight is 206 g/mol. The molecule has 0 fully saturated rings. The fourth-order valence-electron chi connectivity index (χ4n) is 1.24. The Hall–Kier alpha value is -2.04. The Kier molecular flexibility index (Phi) is 2.29. The van der Waals surface area contributed by atoms with E-state index in [4.69, 9.17) is 9.84 Å². The number of carboxylic acid groups (broad SMARTS) is 1. The Morgan fingerprint density at radius 3 is 3.13 bits per heavy atom. The minimum absolute atomic E-state index is 0.515. The second-order valence-electron chi connectivity index (χ2n) is 3.22. The van der Waals surface area contributed by atoms with Gasteiger partial charge in [-0.15, -0.1) is 0 Å². The van der Waals surface area contributed by atoms with Crippen molar-refractivity contribution in [2.75, 3.05) is 0 Å². The molecule has 0 aliphatic rings. The Morgan fingerprint density at radius 2 is 2.40 bits per heavy atom. The maximum atomic E-state index is 10.6. The molecule has 0 unspecified atom stereocenters. The zero-order valence-corrected chi connectivity index (χ0v) is 8.10. The van der Waals surface area contributed by atoms with Gasteiger partial charge in [-0.05, 0) is 19.1 Å². The van der Waals surface area contributed by atoms with Gasteiger partial charge < -0.3 is 9.84 Å². The van der Waals surface area contributed by atoms with Gasteiger partial charge in [-0.3, -0.25) is 5.10 Å². The number of hydrogen-bond acceptors (Lipinski definition) is 3. The van der Waals surface area contributed by atoms with Crippen molar-refractivity contribution in [3.63, 3.8) is 0 Å². The van der Waals surface area contributed by atoms with E-state index in [1.165, 1.54) is 6.92 Å². The molecule has 1 heterocycles. The highest BCUT2D eigenvalue weighted by Gasteiger charge is 2.12. The lowest BCUT2D eigenvalue weighted by molar-refractivity contribution is -0.144. The van der Waals surface area contributed by atoms with Crippen LogP contribution in [0, 0.1) is 0 Å². The van der Waals surface area contributed by atoms with Gasteiger partial charge >= 0.3 is 5.97 Å². The summed E-state index contributed by atoms with van der Waals surface area (Å²) in [7, 11) is 0. The van der Waals surface area contributed by atoms with Gasteiger partial charge in [0.2, 0.25) is 0 Å². The van der Waals surface area contributed by atoms with E-state index in [1.54, 1.807) is 18.3 Å². The molecule has 1 aromatic heterocycles. The molecule has 0 bridgehead atoms. The van der Waals surface area contributed by atoms with E-state index in [0.29, 0.717) is 5.75 Å². The van der Waals surface area contributed by atoms with Crippen LogP contribution >= 0.6 is 0 Å². The first-order valence-electron chi connectivity index (χ1n) is 4.49. The zero-order chi connectivity index (χ0) is 10.8. The summed E-state index contributed by atoms with van der Waals surface area (Å²) in [6.45, 7) is 1.49. The Labute approximate surface area is 85.7 Å². The van der Waals surface area contributed by atoms with Crippen molar-refractivity contribution < 1.29 is 14.6 Å². The largest absolute Gasteiger partial charge is 0.479 e. The predicted octanol–water partition coefficient (Wildman–Crippen LogP) is 1.41. The van der Waals surface area contributed by atoms with E-state index in [0.717, 1.165) is 10.9 Å². The number of benzene rings is 1. The molecular formula is C10H10N2O3. The summed E-state index contributed by atoms with van der Waals surface area (Å²) in [5, 5.41) is 16.3. The normalized spacial score (nSPS) is 12.6. The van der Waals surface area contributed by atoms with Gasteiger partial charge in [-0.25, -0.2) is 4.79 Å². The average Bonchev–Trinajstić information content (AvgIpc) is 2.64. The van der Waals surface area contributed by atoms with Gasteiger partial charge in [0.05, 0.1) is 11.7 Å². The molecule has 0 saturated carbocycles. The van der Waals surface area contributed by atoms with Gasteiger partial charge in [0.1, 0.15) is 5.75 Å². The molecule has 0 spiro atoms. The Balaban J connectivity index is 2.24. The highest BCUT2D eigenvalue weighted by molar-refractivity contribution is 5.79. The van der Waals surface area contributed by atoms with E-state index in [9.17, 15) is 4.79 Å². The lowest BCUT2D eigenvalue weighted by atomic mass is 10.2. The van der Waals surface area contributed by atoms with Crippen molar-refractivity contribution in [2.24, 2.45) is 0 Å². The SMILES string of the molecule is C[C@H](Oc1ccc2cn[nH]c2c1)C(=O)O. The van der Waals surface area contributed by atoms with E-state index >= 15 is 0 Å². The molecule has 5 heteroatoms. The summed E-state index contributed by atoms with van der Waals surface area (Å²) in [5.41, 5.74) is 0.824. The third kappa shape index (κ3) is 1.90. The van der Waals surface area contributed by atoms with Crippen LogP contribution in [0.3, 0.4) is 0 Å². The summed E-state index contributed by atoms with van der Waals surface area (Å²) in [4.78, 5) is 10.6. The number of nitrogens with one attached hydrogen (secondary N) is 1. The maximum Gasteiger partial charge on any atom is 0.344 e. The van der Waals surface area contributed by atoms with E-state index in [2.05, 4.69) is 10.2 Å². The third-order valence-corrected chi connectivity index (χ3v) is 2.07. The van der Waals surface area contributed by atoms with Gasteiger partial charge in [0.25, 0.3) is 0 Å². The van der Waals surface area contributed by atoms with Crippen molar-refractivity contribution >= 4 is 16.9 Å². The standard InChI is InChI=1S/C10H10N2O3/c1-6(10(13)14)15-8-3-2-7-5-11-12-9(7)4-8/h2-6H,1H3,(H,11,12)(H,13,14)/t6-/m0/s1. The van der Waals surface area contributed by atoms with Crippen LogP contribution in [-0.2, 0) is 4.79 Å². The summed E-state index contributed by atoms with van der Waals surface area (Å²) >= 11 is 0. The van der Waals surface area contributed by atoms with E-state index in [1.807, 2.05) is 6.07 Å². The summed E-state index contributed by atoms with van der Waals surface area (Å²) in [6.07, 6.45) is 0.838. The molecule has 78 valence electrons. The van der Waals surface area contributed by atoms with Crippen LogP contribution in [0.5, 0.6) is 5.75 Å². The Bertz CT molecular complexity index is 492. The molecular weight excluding hydrogens is 196 g/mol. The maximum absolute atomic E-state index is 10.6. The van der Waals surface area contributed by atoms with E-state index in [-0.39, 0.29) is 0 Å². The number of aromatic amines is 1. The molecule has 5 nitrogen and oxygen atoms in total. The quantitative estimate of drug-likeness (QED) is 0.796. The van der Waals surface area contributed by atoms with Crippen LogP contribution in [0.1, 0.15) is 6.92 Å². The molecule has 2 N–H and O–H groups in total. The first kappa shape index (κ1) is 9.51. The molecule has 2 rings (SSSR count). The number of rotatable bonds is 3. The first-order valence-corrected chi connectivity index (χ1v) is 4.49. The molecule has 0 aliphatic carbocycles. The smallest absolute Gasteiger partial charge is 0.344 e. The third-order valence-electron chi connectivity index (χ3n) is 2.07. The number of carbonyl (C=O) groups is 1. The molecule has 0 amide bonds. The number of nitrogens with zero attached hydrogens (tertiary/aromatic N) is 1. The second-order valence-corrected chi connectivity index (χ2v) is 3.22. The minimum atomic E-state index is -0.986. The van der Waals surface area contributed by atoms with Crippen LogP contribution in [0.25, 0.3) is 10.9 Å². The fraction of sp³-hybridized carbons (Fsp3) is 0.200. The minimum Gasteiger partial charge on any atom is -0.479 e. The number of aliphatic carboxylic acids is 1. The number of ether oxygens (including phenoxy) is 1. The molecule has 2 aromatic rings. The highest BCUT2D eigenvalue weighted by atomic mass is 16.5. The number of fused-ring (bicyclic) bond motifs is 1. The molecule has 15 heavy (non-hydrogen) atoms. The number of carboxylic acids is 1. The molecule has 0 radical (unpaired) electrons. The van der Waals surface area contributed by atoms with Crippen LogP contribution in [0.4, 0.5) is 0 Å². The molecule has 0 aliphatic heterocycles. The lowest BCUT2D eigenvalue weighted by Gasteiger charge is -2.09. The summed E-state index contributed by atoms with van der Waals surface area (Å²) in [5.74, 6) is -0.471. The van der Waals surface area contributed by atoms with Crippen LogP contribution < -0.4 is 4.74 Å².